The minimum Gasteiger partial charge on any atom is -0.482 e. The predicted molar refractivity (Wildman–Crippen MR) is 129 cm³/mol. The molecule has 0 saturated carbocycles. The number of nitrogen functional groups attached to an aromatic ring is 1. The molecule has 0 fully saturated rings. The highest BCUT2D eigenvalue weighted by Gasteiger charge is 2.18. The summed E-state index contributed by atoms with van der Waals surface area (Å²) >= 11 is 6.57. The fraction of sp³-hybridized carbons (Fsp3) is 0.136. The van der Waals surface area contributed by atoms with Crippen LogP contribution in [0.1, 0.15) is 26.4 Å². The molecule has 0 saturated heterocycles. The monoisotopic (exact) mass is 498 g/mol. The summed E-state index contributed by atoms with van der Waals surface area (Å²) in [5.41, 5.74) is 9.75. The second kappa shape index (κ2) is 9.89. The van der Waals surface area contributed by atoms with Gasteiger partial charge in [-0.25, -0.2) is 9.97 Å². The number of thiophene rings is 1. The van der Waals surface area contributed by atoms with Crippen LogP contribution in [0.3, 0.4) is 0 Å². The summed E-state index contributed by atoms with van der Waals surface area (Å²) in [5.74, 6) is 0.0661. The number of nitrogens with two attached hydrogens (primary N) is 1. The van der Waals surface area contributed by atoms with Gasteiger partial charge in [-0.05, 0) is 40.7 Å². The Hall–Kier alpha value is -3.96. The number of nitrogens with zero attached hydrogens (tertiary/aromatic N) is 3. The summed E-state index contributed by atoms with van der Waals surface area (Å²) in [6.07, 6.45) is 3.02. The maximum atomic E-state index is 12.6. The second-order valence-electron chi connectivity index (χ2n) is 7.25. The van der Waals surface area contributed by atoms with Gasteiger partial charge in [-0.3, -0.25) is 14.4 Å². The van der Waals surface area contributed by atoms with Crippen LogP contribution < -0.4 is 21.1 Å². The molecule has 0 radical (unpaired) electrons. The molecular formula is C22H19ClN6O4S. The van der Waals surface area contributed by atoms with Gasteiger partial charge in [-0.2, -0.15) is 11.3 Å². The summed E-state index contributed by atoms with van der Waals surface area (Å²) in [6.45, 7) is 0.278. The van der Waals surface area contributed by atoms with Crippen LogP contribution in [0.15, 0.2) is 47.5 Å². The Morgan fingerprint density at radius 1 is 1.32 bits per heavy atom. The average Bonchev–Trinajstić information content (AvgIpc) is 3.46. The second-order valence-corrected chi connectivity index (χ2v) is 8.37. The van der Waals surface area contributed by atoms with E-state index in [0.29, 0.717) is 33.7 Å². The fourth-order valence-electron chi connectivity index (χ4n) is 3.31. The van der Waals surface area contributed by atoms with Gasteiger partial charge in [0.05, 0.1) is 11.4 Å². The number of hydrogen-bond acceptors (Lipinski definition) is 8. The molecular weight excluding hydrogens is 480 g/mol. The number of carbonyl (C=O) groups is 3. The summed E-state index contributed by atoms with van der Waals surface area (Å²) in [5, 5.41) is 8.71. The SMILES string of the molecule is Cn1cc(N)c2ncnc(C(=O)NCc3ccc4c(c3)NC(=O)CO4)c21.O=C(Cl)c1ccsc1. The smallest absolute Gasteiger partial charge is 0.272 e. The molecule has 1 aliphatic rings. The summed E-state index contributed by atoms with van der Waals surface area (Å²) in [4.78, 5) is 42.5. The molecule has 34 heavy (non-hydrogen) atoms. The minimum atomic E-state index is -0.383. The Balaban J connectivity index is 0.000000291. The summed E-state index contributed by atoms with van der Waals surface area (Å²) in [7, 11) is 1.78. The van der Waals surface area contributed by atoms with Gasteiger partial charge in [0.15, 0.2) is 12.3 Å². The fourth-order valence-corrected chi connectivity index (χ4v) is 4.13. The van der Waals surface area contributed by atoms with E-state index in [0.717, 1.165) is 5.56 Å². The Morgan fingerprint density at radius 2 is 2.15 bits per heavy atom. The number of fused-ring (bicyclic) bond motifs is 2. The third-order valence-electron chi connectivity index (χ3n) is 4.87. The van der Waals surface area contributed by atoms with Crippen molar-refractivity contribution in [3.63, 3.8) is 0 Å². The van der Waals surface area contributed by atoms with E-state index in [1.165, 1.54) is 17.7 Å². The number of aromatic nitrogens is 3. The molecule has 12 heteroatoms. The zero-order valence-electron chi connectivity index (χ0n) is 17.9. The van der Waals surface area contributed by atoms with E-state index in [9.17, 15) is 14.4 Å². The first-order valence-electron chi connectivity index (χ1n) is 9.94. The number of halogens is 1. The Labute approximate surface area is 202 Å². The standard InChI is InChI=1S/C17H16N6O3.C5H3ClOS/c1-23-6-10(18)14-16(23)15(21-8-20-14)17(25)19-5-9-2-3-12-11(4-9)22-13(24)7-26-12;6-5(7)4-1-2-8-3-4/h2-4,6,8H,5,7,18H2,1H3,(H,19,25)(H,22,24);1-3H. The van der Waals surface area contributed by atoms with E-state index in [1.54, 1.807) is 41.4 Å². The highest BCUT2D eigenvalue weighted by atomic mass is 35.5. The van der Waals surface area contributed by atoms with Gasteiger partial charge in [-0.1, -0.05) is 6.07 Å². The molecule has 10 nitrogen and oxygen atoms in total. The number of anilines is 2. The van der Waals surface area contributed by atoms with Crippen molar-refractivity contribution in [1.29, 1.82) is 0 Å². The largest absolute Gasteiger partial charge is 0.482 e. The maximum absolute atomic E-state index is 12.6. The highest BCUT2D eigenvalue weighted by molar-refractivity contribution is 7.08. The molecule has 4 N–H and O–H groups in total. The van der Waals surface area contributed by atoms with Crippen molar-refractivity contribution in [2.45, 2.75) is 6.54 Å². The van der Waals surface area contributed by atoms with E-state index in [1.807, 2.05) is 11.4 Å². The third kappa shape index (κ3) is 5.00. The topological polar surface area (TPSA) is 141 Å². The van der Waals surface area contributed by atoms with E-state index in [-0.39, 0.29) is 35.9 Å². The number of aryl methyl sites for hydroxylation is 1. The Morgan fingerprint density at radius 3 is 2.85 bits per heavy atom. The number of amides is 2. The van der Waals surface area contributed by atoms with Crippen LogP contribution in [-0.4, -0.2) is 38.2 Å². The van der Waals surface area contributed by atoms with E-state index >= 15 is 0 Å². The normalized spacial score (nSPS) is 12.1. The quantitative estimate of drug-likeness (QED) is 0.367. The molecule has 0 unspecified atom stereocenters. The first kappa shape index (κ1) is 23.2. The van der Waals surface area contributed by atoms with Gasteiger partial charge in [0.2, 0.25) is 0 Å². The number of rotatable bonds is 4. The zero-order chi connectivity index (χ0) is 24.2. The van der Waals surface area contributed by atoms with E-state index < -0.39 is 0 Å². The van der Waals surface area contributed by atoms with Gasteiger partial charge < -0.3 is 25.7 Å². The first-order valence-corrected chi connectivity index (χ1v) is 11.3. The lowest BCUT2D eigenvalue weighted by atomic mass is 10.1. The lowest BCUT2D eigenvalue weighted by molar-refractivity contribution is -0.118. The van der Waals surface area contributed by atoms with Gasteiger partial charge in [0.25, 0.3) is 17.1 Å². The van der Waals surface area contributed by atoms with Crippen molar-refractivity contribution in [3.8, 4) is 5.75 Å². The molecule has 5 rings (SSSR count). The molecule has 2 amide bonds. The van der Waals surface area contributed by atoms with Gasteiger partial charge in [0.1, 0.15) is 23.1 Å². The molecule has 174 valence electrons. The summed E-state index contributed by atoms with van der Waals surface area (Å²) in [6, 6.07) is 7.05. The molecule has 0 spiro atoms. The number of nitrogens with one attached hydrogen (secondary N) is 2. The number of ether oxygens (including phenoxy) is 1. The lowest BCUT2D eigenvalue weighted by Crippen LogP contribution is -2.26. The summed E-state index contributed by atoms with van der Waals surface area (Å²) < 4.78 is 7.05. The average molecular weight is 499 g/mol. The van der Waals surface area contributed by atoms with Crippen molar-refractivity contribution < 1.29 is 19.1 Å². The van der Waals surface area contributed by atoms with Crippen LogP contribution in [-0.2, 0) is 18.4 Å². The molecule has 3 aromatic heterocycles. The van der Waals surface area contributed by atoms with Crippen LogP contribution in [0, 0.1) is 0 Å². The molecule has 4 aromatic rings. The molecule has 0 atom stereocenters. The number of carbonyl (C=O) groups excluding carboxylic acids is 3. The van der Waals surface area contributed by atoms with Crippen LogP contribution in [0.5, 0.6) is 5.75 Å². The molecule has 1 aromatic carbocycles. The van der Waals surface area contributed by atoms with Crippen molar-refractivity contribution in [3.05, 3.63) is 64.4 Å². The number of hydrogen-bond donors (Lipinski definition) is 3. The van der Waals surface area contributed by atoms with Gasteiger partial charge in [0, 0.05) is 30.7 Å². The van der Waals surface area contributed by atoms with Gasteiger partial charge in [-0.15, -0.1) is 0 Å². The Bertz CT molecular complexity index is 1390. The first-order chi connectivity index (χ1) is 16.3. The van der Waals surface area contributed by atoms with Crippen molar-refractivity contribution in [2.24, 2.45) is 7.05 Å². The predicted octanol–water partition coefficient (Wildman–Crippen LogP) is 2.94. The molecule has 4 heterocycles. The van der Waals surface area contributed by atoms with Crippen LogP contribution in [0.4, 0.5) is 11.4 Å². The van der Waals surface area contributed by atoms with Crippen molar-refractivity contribution >= 4 is 62.4 Å². The van der Waals surface area contributed by atoms with Crippen LogP contribution in [0.25, 0.3) is 11.0 Å². The Kier molecular flexibility index (Phi) is 6.75. The molecule has 0 bridgehead atoms. The zero-order valence-corrected chi connectivity index (χ0v) is 19.4. The number of benzene rings is 1. The van der Waals surface area contributed by atoms with Crippen LogP contribution in [0.2, 0.25) is 0 Å². The van der Waals surface area contributed by atoms with E-state index in [4.69, 9.17) is 22.1 Å². The minimum absolute atomic E-state index is 0.00654. The van der Waals surface area contributed by atoms with Gasteiger partial charge >= 0.3 is 0 Å². The van der Waals surface area contributed by atoms with Crippen molar-refractivity contribution in [1.82, 2.24) is 19.9 Å². The molecule has 0 aliphatic carbocycles. The van der Waals surface area contributed by atoms with E-state index in [2.05, 4.69) is 20.6 Å². The highest BCUT2D eigenvalue weighted by Crippen LogP contribution is 2.28. The third-order valence-corrected chi connectivity index (χ3v) is 5.78. The maximum Gasteiger partial charge on any atom is 0.272 e. The lowest BCUT2D eigenvalue weighted by Gasteiger charge is -2.18. The molecule has 1 aliphatic heterocycles. The van der Waals surface area contributed by atoms with Crippen LogP contribution >= 0.6 is 22.9 Å². The van der Waals surface area contributed by atoms with Crippen molar-refractivity contribution in [2.75, 3.05) is 17.7 Å².